The van der Waals surface area contributed by atoms with E-state index in [9.17, 15) is 0 Å². The van der Waals surface area contributed by atoms with Crippen LogP contribution in [0.4, 0.5) is 5.69 Å². The van der Waals surface area contributed by atoms with Crippen molar-refractivity contribution in [3.63, 3.8) is 0 Å². The van der Waals surface area contributed by atoms with E-state index in [1.807, 2.05) is 0 Å². The third-order valence-corrected chi connectivity index (χ3v) is 5.72. The number of halogens is 1. The van der Waals surface area contributed by atoms with Crippen LogP contribution < -0.4 is 4.90 Å². The smallest absolute Gasteiger partial charge is 0.0377 e. The van der Waals surface area contributed by atoms with Gasteiger partial charge in [-0.15, -0.1) is 0 Å². The van der Waals surface area contributed by atoms with Gasteiger partial charge in [0.1, 0.15) is 0 Å². The van der Waals surface area contributed by atoms with E-state index in [4.69, 9.17) is 0 Å². The van der Waals surface area contributed by atoms with E-state index in [1.54, 1.807) is 0 Å². The number of piperidine rings is 1. The van der Waals surface area contributed by atoms with Gasteiger partial charge in [0, 0.05) is 35.4 Å². The fraction of sp³-hybridized carbons (Fsp3) is 0.600. The average Bonchev–Trinajstić information content (AvgIpc) is 2.32. The van der Waals surface area contributed by atoms with Crippen molar-refractivity contribution in [1.29, 1.82) is 0 Å². The Balaban J connectivity index is 1.67. The summed E-state index contributed by atoms with van der Waals surface area (Å²) in [7, 11) is 2.24. The first kappa shape index (κ1) is 12.7. The lowest BCUT2D eigenvalue weighted by molar-refractivity contribution is 0.00132. The lowest BCUT2D eigenvalue weighted by Crippen LogP contribution is -2.58. The molecule has 2 saturated heterocycles. The standard InChI is InChI=1S/C15H21IN2/c1-12-3-4-13(9-14(12)16)18-7-5-15(6-8-18)10-17(2)11-15/h3-4,9H,5-8,10-11H2,1-2H3. The zero-order valence-corrected chi connectivity index (χ0v) is 13.4. The molecule has 0 bridgehead atoms. The number of likely N-dealkylation sites (tertiary alicyclic amines) is 1. The molecular formula is C15H21IN2. The van der Waals surface area contributed by atoms with Gasteiger partial charge in [-0.05, 0) is 72.5 Å². The Bertz CT molecular complexity index is 442. The van der Waals surface area contributed by atoms with Gasteiger partial charge in [-0.1, -0.05) is 6.07 Å². The highest BCUT2D eigenvalue weighted by molar-refractivity contribution is 14.1. The minimum Gasteiger partial charge on any atom is -0.371 e. The maximum absolute atomic E-state index is 2.56. The largest absolute Gasteiger partial charge is 0.371 e. The molecule has 0 aliphatic carbocycles. The van der Waals surface area contributed by atoms with E-state index in [1.165, 1.54) is 53.8 Å². The molecule has 1 spiro atoms. The summed E-state index contributed by atoms with van der Waals surface area (Å²) in [5.41, 5.74) is 3.45. The van der Waals surface area contributed by atoms with Crippen molar-refractivity contribution in [3.8, 4) is 0 Å². The molecule has 0 saturated carbocycles. The highest BCUT2D eigenvalue weighted by Crippen LogP contribution is 2.40. The van der Waals surface area contributed by atoms with Crippen LogP contribution in [-0.4, -0.2) is 38.1 Å². The van der Waals surface area contributed by atoms with Gasteiger partial charge in [0.2, 0.25) is 0 Å². The van der Waals surface area contributed by atoms with Crippen molar-refractivity contribution in [2.75, 3.05) is 38.1 Å². The Kier molecular flexibility index (Phi) is 3.30. The molecule has 1 aromatic rings. The number of aryl methyl sites for hydroxylation is 1. The summed E-state index contributed by atoms with van der Waals surface area (Å²) in [6.07, 6.45) is 2.73. The molecule has 0 N–H and O–H groups in total. The summed E-state index contributed by atoms with van der Waals surface area (Å²) < 4.78 is 1.38. The van der Waals surface area contributed by atoms with Gasteiger partial charge < -0.3 is 9.80 Å². The fourth-order valence-corrected chi connectivity index (χ4v) is 3.93. The van der Waals surface area contributed by atoms with E-state index in [2.05, 4.69) is 64.6 Å². The van der Waals surface area contributed by atoms with Crippen molar-refractivity contribution in [1.82, 2.24) is 4.90 Å². The first-order chi connectivity index (χ1) is 8.58. The predicted octanol–water partition coefficient (Wildman–Crippen LogP) is 3.13. The first-order valence-electron chi connectivity index (χ1n) is 6.78. The van der Waals surface area contributed by atoms with Crippen LogP contribution in [0.1, 0.15) is 18.4 Å². The predicted molar refractivity (Wildman–Crippen MR) is 85.3 cm³/mol. The third-order valence-electron chi connectivity index (χ3n) is 4.56. The second-order valence-corrected chi connectivity index (χ2v) is 7.26. The summed E-state index contributed by atoms with van der Waals surface area (Å²) in [6, 6.07) is 6.86. The monoisotopic (exact) mass is 356 g/mol. The molecule has 2 fully saturated rings. The molecule has 2 aliphatic heterocycles. The SMILES string of the molecule is Cc1ccc(N2CCC3(CC2)CN(C)C3)cc1I. The second-order valence-electron chi connectivity index (χ2n) is 6.09. The van der Waals surface area contributed by atoms with E-state index in [0.717, 1.165) is 0 Å². The number of anilines is 1. The maximum atomic E-state index is 2.56. The Morgan fingerprint density at radius 1 is 1.17 bits per heavy atom. The number of nitrogens with zero attached hydrogens (tertiary/aromatic N) is 2. The van der Waals surface area contributed by atoms with Crippen LogP contribution in [0.2, 0.25) is 0 Å². The van der Waals surface area contributed by atoms with Crippen LogP contribution in [0, 0.1) is 15.9 Å². The van der Waals surface area contributed by atoms with Gasteiger partial charge in [-0.2, -0.15) is 0 Å². The number of hydrogen-bond acceptors (Lipinski definition) is 2. The number of rotatable bonds is 1. The third kappa shape index (κ3) is 2.27. The van der Waals surface area contributed by atoms with Crippen LogP contribution in [-0.2, 0) is 0 Å². The van der Waals surface area contributed by atoms with Crippen LogP contribution in [0.5, 0.6) is 0 Å². The molecule has 2 heterocycles. The lowest BCUT2D eigenvalue weighted by Gasteiger charge is -2.53. The molecule has 0 unspecified atom stereocenters. The fourth-order valence-electron chi connectivity index (χ4n) is 3.43. The van der Waals surface area contributed by atoms with Gasteiger partial charge in [-0.3, -0.25) is 0 Å². The Labute approximate surface area is 123 Å². The molecule has 0 aromatic heterocycles. The molecule has 3 heteroatoms. The van der Waals surface area contributed by atoms with Gasteiger partial charge in [-0.25, -0.2) is 0 Å². The lowest BCUT2D eigenvalue weighted by atomic mass is 9.72. The molecule has 0 atom stereocenters. The second kappa shape index (κ2) is 4.67. The topological polar surface area (TPSA) is 6.48 Å². The Hall–Kier alpha value is -0.290. The van der Waals surface area contributed by atoms with E-state index < -0.39 is 0 Å². The van der Waals surface area contributed by atoms with Crippen LogP contribution in [0.15, 0.2) is 18.2 Å². The van der Waals surface area contributed by atoms with Gasteiger partial charge in [0.25, 0.3) is 0 Å². The average molecular weight is 356 g/mol. The summed E-state index contributed by atoms with van der Waals surface area (Å²) in [5, 5.41) is 0. The molecule has 0 radical (unpaired) electrons. The van der Waals surface area contributed by atoms with Crippen molar-refractivity contribution in [2.45, 2.75) is 19.8 Å². The molecule has 3 rings (SSSR count). The van der Waals surface area contributed by atoms with Crippen molar-refractivity contribution >= 4 is 28.3 Å². The van der Waals surface area contributed by atoms with Crippen molar-refractivity contribution in [2.24, 2.45) is 5.41 Å². The zero-order valence-electron chi connectivity index (χ0n) is 11.2. The minimum atomic E-state index is 0.656. The summed E-state index contributed by atoms with van der Waals surface area (Å²) in [5.74, 6) is 0. The Morgan fingerprint density at radius 2 is 1.83 bits per heavy atom. The quantitative estimate of drug-likeness (QED) is 0.714. The van der Waals surface area contributed by atoms with Crippen molar-refractivity contribution in [3.05, 3.63) is 27.3 Å². The molecule has 2 nitrogen and oxygen atoms in total. The molecule has 18 heavy (non-hydrogen) atoms. The van der Waals surface area contributed by atoms with E-state index in [0.29, 0.717) is 5.41 Å². The van der Waals surface area contributed by atoms with E-state index in [-0.39, 0.29) is 0 Å². The highest BCUT2D eigenvalue weighted by Gasteiger charge is 2.42. The zero-order chi connectivity index (χ0) is 12.8. The number of benzene rings is 1. The normalized spacial score (nSPS) is 23.2. The van der Waals surface area contributed by atoms with E-state index >= 15 is 0 Å². The van der Waals surface area contributed by atoms with Gasteiger partial charge in [0.05, 0.1) is 0 Å². The molecular weight excluding hydrogens is 335 g/mol. The van der Waals surface area contributed by atoms with Gasteiger partial charge in [0.15, 0.2) is 0 Å². The van der Waals surface area contributed by atoms with Crippen molar-refractivity contribution < 1.29 is 0 Å². The minimum absolute atomic E-state index is 0.656. The highest BCUT2D eigenvalue weighted by atomic mass is 127. The number of hydrogen-bond donors (Lipinski definition) is 0. The maximum Gasteiger partial charge on any atom is 0.0377 e. The summed E-state index contributed by atoms with van der Waals surface area (Å²) in [4.78, 5) is 5.01. The molecule has 0 amide bonds. The molecule has 98 valence electrons. The first-order valence-corrected chi connectivity index (χ1v) is 7.86. The summed E-state index contributed by atoms with van der Waals surface area (Å²) in [6.45, 7) is 7.26. The Morgan fingerprint density at radius 3 is 2.39 bits per heavy atom. The molecule has 2 aliphatic rings. The molecule has 1 aromatic carbocycles. The summed E-state index contributed by atoms with van der Waals surface area (Å²) >= 11 is 2.44. The van der Waals surface area contributed by atoms with Crippen LogP contribution >= 0.6 is 22.6 Å². The van der Waals surface area contributed by atoms with Crippen LogP contribution in [0.3, 0.4) is 0 Å². The van der Waals surface area contributed by atoms with Gasteiger partial charge >= 0.3 is 0 Å². The van der Waals surface area contributed by atoms with Crippen LogP contribution in [0.25, 0.3) is 0 Å².